The van der Waals surface area contributed by atoms with Crippen molar-refractivity contribution in [3.05, 3.63) is 71.8 Å². The Bertz CT molecular complexity index is 515. The molecule has 0 aliphatic rings. The first-order chi connectivity index (χ1) is 9.06. The van der Waals surface area contributed by atoms with Crippen molar-refractivity contribution in [1.29, 1.82) is 0 Å². The lowest BCUT2D eigenvalue weighted by atomic mass is 9.82. The zero-order valence-corrected chi connectivity index (χ0v) is 10.0. The van der Waals surface area contributed by atoms with Gasteiger partial charge in [0.05, 0.1) is 0 Å². The molecule has 0 heterocycles. The Morgan fingerprint density at radius 1 is 0.947 bits per heavy atom. The minimum atomic E-state index is -2.45. The van der Waals surface area contributed by atoms with E-state index in [-0.39, 0.29) is 11.1 Å². The van der Waals surface area contributed by atoms with Crippen LogP contribution in [0.1, 0.15) is 11.1 Å². The van der Waals surface area contributed by atoms with Crippen LogP contribution in [0, 0.1) is 0 Å². The summed E-state index contributed by atoms with van der Waals surface area (Å²) in [5.74, 6) is -1.70. The van der Waals surface area contributed by atoms with E-state index in [9.17, 15) is 14.3 Å². The summed E-state index contributed by atoms with van der Waals surface area (Å²) in [6.07, 6.45) is -2.45. The van der Waals surface area contributed by atoms with E-state index >= 15 is 0 Å². The summed E-state index contributed by atoms with van der Waals surface area (Å²) >= 11 is 0. The Labute approximate surface area is 109 Å². The second-order valence-electron chi connectivity index (χ2n) is 4.20. The summed E-state index contributed by atoms with van der Waals surface area (Å²) < 4.78 is 14.1. The van der Waals surface area contributed by atoms with Crippen LogP contribution < -0.4 is 0 Å². The fourth-order valence-corrected chi connectivity index (χ4v) is 2.02. The third-order valence-corrected chi connectivity index (χ3v) is 3.01. The van der Waals surface area contributed by atoms with Crippen molar-refractivity contribution in [2.24, 2.45) is 0 Å². The number of hydrogen-bond acceptors (Lipinski definition) is 2. The quantitative estimate of drug-likeness (QED) is 0.887. The number of benzene rings is 2. The number of carboxylic acids is 1. The second-order valence-corrected chi connectivity index (χ2v) is 4.20. The molecule has 0 bridgehead atoms. The van der Waals surface area contributed by atoms with Gasteiger partial charge in [0.25, 0.3) is 0 Å². The Hall–Kier alpha value is -2.20. The standard InChI is InChI=1S/C15H13FO3/c16-13(14(17)18)15(19,11-7-3-1-4-8-11)12-9-5-2-6-10-12/h1-10,13,19H,(H,17,18)/t13-/m1/s1. The van der Waals surface area contributed by atoms with E-state index in [0.717, 1.165) is 0 Å². The molecule has 0 aliphatic carbocycles. The van der Waals surface area contributed by atoms with Crippen molar-refractivity contribution in [1.82, 2.24) is 0 Å². The number of alkyl halides is 1. The third kappa shape index (κ3) is 2.35. The van der Waals surface area contributed by atoms with Crippen molar-refractivity contribution >= 4 is 5.97 Å². The zero-order valence-electron chi connectivity index (χ0n) is 10.0. The largest absolute Gasteiger partial charge is 0.479 e. The molecule has 1 atom stereocenters. The summed E-state index contributed by atoms with van der Waals surface area (Å²) in [6, 6.07) is 15.9. The fraction of sp³-hybridized carbons (Fsp3) is 0.133. The van der Waals surface area contributed by atoms with Crippen LogP contribution in [0.4, 0.5) is 4.39 Å². The predicted molar refractivity (Wildman–Crippen MR) is 68.4 cm³/mol. The van der Waals surface area contributed by atoms with Gasteiger partial charge in [0, 0.05) is 0 Å². The average Bonchev–Trinajstić information content (AvgIpc) is 2.47. The molecule has 0 saturated carbocycles. The van der Waals surface area contributed by atoms with E-state index < -0.39 is 17.7 Å². The number of carbonyl (C=O) groups is 1. The highest BCUT2D eigenvalue weighted by Crippen LogP contribution is 2.34. The van der Waals surface area contributed by atoms with E-state index in [1.807, 2.05) is 0 Å². The molecule has 0 fully saturated rings. The van der Waals surface area contributed by atoms with Crippen molar-refractivity contribution in [2.75, 3.05) is 0 Å². The van der Waals surface area contributed by atoms with Crippen LogP contribution in [0.3, 0.4) is 0 Å². The summed E-state index contributed by atoms with van der Waals surface area (Å²) in [6.45, 7) is 0. The van der Waals surface area contributed by atoms with Gasteiger partial charge >= 0.3 is 5.97 Å². The lowest BCUT2D eigenvalue weighted by molar-refractivity contribution is -0.152. The van der Waals surface area contributed by atoms with Gasteiger partial charge in [-0.1, -0.05) is 60.7 Å². The van der Waals surface area contributed by atoms with Crippen LogP contribution in [0.25, 0.3) is 0 Å². The fourth-order valence-electron chi connectivity index (χ4n) is 2.02. The van der Waals surface area contributed by atoms with Gasteiger partial charge in [-0.3, -0.25) is 0 Å². The van der Waals surface area contributed by atoms with E-state index in [1.165, 1.54) is 24.3 Å². The molecule has 0 spiro atoms. The van der Waals surface area contributed by atoms with E-state index in [0.29, 0.717) is 0 Å². The topological polar surface area (TPSA) is 57.5 Å². The first kappa shape index (κ1) is 13.2. The number of aliphatic hydroxyl groups is 1. The first-order valence-corrected chi connectivity index (χ1v) is 5.77. The van der Waals surface area contributed by atoms with Gasteiger partial charge < -0.3 is 10.2 Å². The third-order valence-electron chi connectivity index (χ3n) is 3.01. The van der Waals surface area contributed by atoms with Crippen LogP contribution in [0.5, 0.6) is 0 Å². The van der Waals surface area contributed by atoms with Gasteiger partial charge in [-0.25, -0.2) is 9.18 Å². The Balaban J connectivity index is 2.61. The molecular weight excluding hydrogens is 247 g/mol. The lowest BCUT2D eigenvalue weighted by Crippen LogP contribution is -2.42. The molecule has 2 rings (SSSR count). The van der Waals surface area contributed by atoms with E-state index in [2.05, 4.69) is 0 Å². The monoisotopic (exact) mass is 260 g/mol. The molecule has 0 aromatic heterocycles. The van der Waals surface area contributed by atoms with Gasteiger partial charge in [-0.2, -0.15) is 0 Å². The van der Waals surface area contributed by atoms with Crippen LogP contribution in [-0.4, -0.2) is 22.4 Å². The molecule has 2 aromatic rings. The highest BCUT2D eigenvalue weighted by molar-refractivity contribution is 5.75. The molecule has 0 unspecified atom stereocenters. The molecule has 0 aliphatic heterocycles. The van der Waals surface area contributed by atoms with Crippen LogP contribution >= 0.6 is 0 Å². The Morgan fingerprint density at radius 3 is 1.63 bits per heavy atom. The van der Waals surface area contributed by atoms with Crippen LogP contribution in [-0.2, 0) is 10.4 Å². The van der Waals surface area contributed by atoms with Crippen molar-refractivity contribution in [2.45, 2.75) is 11.8 Å². The summed E-state index contributed by atoms with van der Waals surface area (Å²) in [7, 11) is 0. The van der Waals surface area contributed by atoms with Crippen molar-refractivity contribution in [3.63, 3.8) is 0 Å². The average molecular weight is 260 g/mol. The maximum absolute atomic E-state index is 14.1. The minimum absolute atomic E-state index is 0.205. The molecular formula is C15H13FO3. The maximum Gasteiger partial charge on any atom is 0.342 e. The number of halogens is 1. The molecule has 19 heavy (non-hydrogen) atoms. The lowest BCUT2D eigenvalue weighted by Gasteiger charge is -2.30. The molecule has 98 valence electrons. The highest BCUT2D eigenvalue weighted by atomic mass is 19.1. The first-order valence-electron chi connectivity index (χ1n) is 5.77. The molecule has 2 N–H and O–H groups in total. The second kappa shape index (κ2) is 5.20. The number of hydrogen-bond donors (Lipinski definition) is 2. The molecule has 0 saturated heterocycles. The molecule has 0 amide bonds. The van der Waals surface area contributed by atoms with Crippen LogP contribution in [0.15, 0.2) is 60.7 Å². The normalized spacial score (nSPS) is 12.9. The maximum atomic E-state index is 14.1. The van der Waals surface area contributed by atoms with Gasteiger partial charge in [0.1, 0.15) is 0 Å². The summed E-state index contributed by atoms with van der Waals surface area (Å²) in [4.78, 5) is 11.0. The molecule has 2 aromatic carbocycles. The van der Waals surface area contributed by atoms with E-state index in [1.54, 1.807) is 36.4 Å². The Morgan fingerprint density at radius 2 is 1.32 bits per heavy atom. The predicted octanol–water partition coefficient (Wildman–Crippen LogP) is 2.35. The molecule has 3 nitrogen and oxygen atoms in total. The number of carboxylic acid groups (broad SMARTS) is 1. The molecule has 0 radical (unpaired) electrons. The highest BCUT2D eigenvalue weighted by Gasteiger charge is 2.45. The number of rotatable bonds is 4. The van der Waals surface area contributed by atoms with E-state index in [4.69, 9.17) is 5.11 Å². The minimum Gasteiger partial charge on any atom is -0.479 e. The number of aliphatic carboxylic acids is 1. The zero-order chi connectivity index (χ0) is 13.9. The van der Waals surface area contributed by atoms with Gasteiger partial charge in [0.2, 0.25) is 6.17 Å². The van der Waals surface area contributed by atoms with Crippen LogP contribution in [0.2, 0.25) is 0 Å². The molecule has 4 heteroatoms. The van der Waals surface area contributed by atoms with Crippen molar-refractivity contribution < 1.29 is 19.4 Å². The smallest absolute Gasteiger partial charge is 0.342 e. The van der Waals surface area contributed by atoms with Gasteiger partial charge in [-0.15, -0.1) is 0 Å². The Kier molecular flexibility index (Phi) is 3.62. The summed E-state index contributed by atoms with van der Waals surface area (Å²) in [5.41, 5.74) is -1.79. The SMILES string of the molecule is O=C(O)[C@@H](F)C(O)(c1ccccc1)c1ccccc1. The van der Waals surface area contributed by atoms with Gasteiger partial charge in [0.15, 0.2) is 5.60 Å². The van der Waals surface area contributed by atoms with Crippen molar-refractivity contribution in [3.8, 4) is 0 Å². The summed E-state index contributed by atoms with van der Waals surface area (Å²) in [5, 5.41) is 19.5. The van der Waals surface area contributed by atoms with Gasteiger partial charge in [-0.05, 0) is 11.1 Å².